The summed E-state index contributed by atoms with van der Waals surface area (Å²) in [7, 11) is 0. The summed E-state index contributed by atoms with van der Waals surface area (Å²) in [6.45, 7) is 1.64. The topological polar surface area (TPSA) is 49.3 Å². The molecule has 0 aromatic heterocycles. The van der Waals surface area contributed by atoms with Crippen LogP contribution in [0.15, 0.2) is 18.2 Å². The average Bonchev–Trinajstić information content (AvgIpc) is 2.29. The third kappa shape index (κ3) is 2.93. The molecule has 0 radical (unpaired) electrons. The Bertz CT molecular complexity index is 380. The number of rotatable bonds is 4. The molecule has 1 aromatic rings. The van der Waals surface area contributed by atoms with Crippen molar-refractivity contribution >= 4 is 17.5 Å². The minimum Gasteiger partial charge on any atom is -0.394 e. The monoisotopic (exact) mass is 245 g/mol. The van der Waals surface area contributed by atoms with E-state index in [2.05, 4.69) is 5.32 Å². The molecule has 5 heteroatoms. The van der Waals surface area contributed by atoms with Crippen molar-refractivity contribution in [1.82, 2.24) is 5.32 Å². The van der Waals surface area contributed by atoms with Crippen molar-refractivity contribution in [3.63, 3.8) is 0 Å². The number of hydrogen-bond donors (Lipinski definition) is 2. The van der Waals surface area contributed by atoms with Crippen molar-refractivity contribution in [2.75, 3.05) is 6.61 Å². The summed E-state index contributed by atoms with van der Waals surface area (Å²) in [6.07, 6.45) is 0.574. The fraction of sp³-hybridized carbons (Fsp3) is 0.364. The quantitative estimate of drug-likeness (QED) is 0.852. The molecule has 0 aliphatic heterocycles. The molecule has 3 nitrogen and oxygen atoms in total. The number of amides is 1. The number of nitrogens with one attached hydrogen (secondary N) is 1. The molecule has 1 atom stereocenters. The first kappa shape index (κ1) is 12.9. The Labute approximate surface area is 98.2 Å². The van der Waals surface area contributed by atoms with Crippen LogP contribution < -0.4 is 5.32 Å². The third-order valence-corrected chi connectivity index (χ3v) is 2.54. The van der Waals surface area contributed by atoms with Gasteiger partial charge in [-0.15, -0.1) is 0 Å². The van der Waals surface area contributed by atoms with Crippen molar-refractivity contribution in [2.45, 2.75) is 19.4 Å². The second-order valence-corrected chi connectivity index (χ2v) is 3.77. The number of benzene rings is 1. The Morgan fingerprint density at radius 2 is 2.31 bits per heavy atom. The van der Waals surface area contributed by atoms with Crippen LogP contribution in [0, 0.1) is 5.82 Å². The summed E-state index contributed by atoms with van der Waals surface area (Å²) in [5.41, 5.74) is -0.112. The van der Waals surface area contributed by atoms with Crippen LogP contribution >= 0.6 is 11.6 Å². The van der Waals surface area contributed by atoms with E-state index in [4.69, 9.17) is 16.7 Å². The fourth-order valence-electron chi connectivity index (χ4n) is 1.22. The number of carbonyl (C=O) groups is 1. The van der Waals surface area contributed by atoms with Crippen LogP contribution in [-0.4, -0.2) is 23.7 Å². The molecule has 88 valence electrons. The molecule has 16 heavy (non-hydrogen) atoms. The van der Waals surface area contributed by atoms with Crippen LogP contribution in [0.5, 0.6) is 0 Å². The minimum absolute atomic E-state index is 0.0929. The van der Waals surface area contributed by atoms with Crippen LogP contribution in [0.1, 0.15) is 23.7 Å². The number of halogens is 2. The van der Waals surface area contributed by atoms with E-state index in [1.807, 2.05) is 6.92 Å². The number of hydrogen-bond acceptors (Lipinski definition) is 2. The molecule has 0 aliphatic rings. The standard InChI is InChI=1S/C11H13ClFNO2/c1-2-7(6-15)14-11(16)8-4-3-5-9(12)10(8)13/h3-5,7,15H,2,6H2,1H3,(H,14,16)/t7-/m1/s1. The van der Waals surface area contributed by atoms with Gasteiger partial charge in [-0.05, 0) is 18.6 Å². The molecule has 0 fully saturated rings. The van der Waals surface area contributed by atoms with Crippen LogP contribution in [0.25, 0.3) is 0 Å². The fourth-order valence-corrected chi connectivity index (χ4v) is 1.39. The summed E-state index contributed by atoms with van der Waals surface area (Å²) in [5, 5.41) is 11.3. The molecule has 1 amide bonds. The lowest BCUT2D eigenvalue weighted by atomic mass is 10.1. The maximum Gasteiger partial charge on any atom is 0.254 e. The SMILES string of the molecule is CC[C@H](CO)NC(=O)c1cccc(Cl)c1F. The van der Waals surface area contributed by atoms with Crippen LogP contribution in [-0.2, 0) is 0 Å². The van der Waals surface area contributed by atoms with E-state index in [1.165, 1.54) is 18.2 Å². The van der Waals surface area contributed by atoms with E-state index in [9.17, 15) is 9.18 Å². The lowest BCUT2D eigenvalue weighted by molar-refractivity contribution is 0.0911. The molecule has 0 heterocycles. The zero-order chi connectivity index (χ0) is 12.1. The van der Waals surface area contributed by atoms with E-state index in [1.54, 1.807) is 0 Å². The molecule has 1 rings (SSSR count). The van der Waals surface area contributed by atoms with Gasteiger partial charge in [0.2, 0.25) is 0 Å². The van der Waals surface area contributed by atoms with Crippen molar-refractivity contribution in [2.24, 2.45) is 0 Å². The summed E-state index contributed by atoms with van der Waals surface area (Å²) >= 11 is 5.56. The van der Waals surface area contributed by atoms with Gasteiger partial charge in [0.1, 0.15) is 0 Å². The summed E-state index contributed by atoms with van der Waals surface area (Å²) < 4.78 is 13.5. The predicted octanol–water partition coefficient (Wildman–Crippen LogP) is 1.98. The highest BCUT2D eigenvalue weighted by molar-refractivity contribution is 6.31. The van der Waals surface area contributed by atoms with Crippen molar-refractivity contribution in [1.29, 1.82) is 0 Å². The van der Waals surface area contributed by atoms with Gasteiger partial charge < -0.3 is 10.4 Å². The second-order valence-electron chi connectivity index (χ2n) is 3.36. The van der Waals surface area contributed by atoms with Crippen molar-refractivity contribution in [3.8, 4) is 0 Å². The molecule has 0 saturated heterocycles. The lowest BCUT2D eigenvalue weighted by Gasteiger charge is -2.14. The van der Waals surface area contributed by atoms with E-state index in [0.717, 1.165) is 0 Å². The molecule has 0 bridgehead atoms. The lowest BCUT2D eigenvalue weighted by Crippen LogP contribution is -2.37. The second kappa shape index (κ2) is 5.82. The number of aliphatic hydroxyl groups excluding tert-OH is 1. The van der Waals surface area contributed by atoms with E-state index in [-0.39, 0.29) is 23.2 Å². The molecule has 1 aromatic carbocycles. The third-order valence-electron chi connectivity index (χ3n) is 2.24. The largest absolute Gasteiger partial charge is 0.394 e. The molecular formula is C11H13ClFNO2. The van der Waals surface area contributed by atoms with Crippen LogP contribution in [0.3, 0.4) is 0 Å². The van der Waals surface area contributed by atoms with Crippen molar-refractivity contribution in [3.05, 3.63) is 34.6 Å². The van der Waals surface area contributed by atoms with Gasteiger partial charge in [-0.25, -0.2) is 4.39 Å². The minimum atomic E-state index is -0.741. The van der Waals surface area contributed by atoms with E-state index < -0.39 is 11.7 Å². The highest BCUT2D eigenvalue weighted by atomic mass is 35.5. The Kier molecular flexibility index (Phi) is 4.71. The highest BCUT2D eigenvalue weighted by Crippen LogP contribution is 2.17. The van der Waals surface area contributed by atoms with Gasteiger partial charge in [0.15, 0.2) is 5.82 Å². The van der Waals surface area contributed by atoms with Gasteiger partial charge in [0.25, 0.3) is 5.91 Å². The first-order valence-electron chi connectivity index (χ1n) is 4.95. The molecule has 2 N–H and O–H groups in total. The highest BCUT2D eigenvalue weighted by Gasteiger charge is 2.16. The van der Waals surface area contributed by atoms with E-state index >= 15 is 0 Å². The van der Waals surface area contributed by atoms with Gasteiger partial charge in [0, 0.05) is 0 Å². The first-order valence-corrected chi connectivity index (χ1v) is 5.33. The summed E-state index contributed by atoms with van der Waals surface area (Å²) in [4.78, 5) is 11.6. The molecule has 0 aliphatic carbocycles. The molecule has 0 unspecified atom stereocenters. The van der Waals surface area contributed by atoms with Gasteiger partial charge in [-0.2, -0.15) is 0 Å². The summed E-state index contributed by atoms with van der Waals surface area (Å²) in [6, 6.07) is 3.85. The molecule has 0 saturated carbocycles. The maximum atomic E-state index is 13.5. The number of aliphatic hydroxyl groups is 1. The van der Waals surface area contributed by atoms with Gasteiger partial charge in [-0.3, -0.25) is 4.79 Å². The first-order chi connectivity index (χ1) is 7.60. The van der Waals surface area contributed by atoms with Crippen LogP contribution in [0.4, 0.5) is 4.39 Å². The Hall–Kier alpha value is -1.13. The van der Waals surface area contributed by atoms with Gasteiger partial charge in [-0.1, -0.05) is 24.6 Å². The smallest absolute Gasteiger partial charge is 0.254 e. The van der Waals surface area contributed by atoms with Gasteiger partial charge >= 0.3 is 0 Å². The average molecular weight is 246 g/mol. The Balaban J connectivity index is 2.84. The summed E-state index contributed by atoms with van der Waals surface area (Å²) in [5.74, 6) is -1.31. The van der Waals surface area contributed by atoms with Crippen LogP contribution in [0.2, 0.25) is 5.02 Å². The Morgan fingerprint density at radius 1 is 1.62 bits per heavy atom. The van der Waals surface area contributed by atoms with E-state index in [0.29, 0.717) is 6.42 Å². The zero-order valence-corrected chi connectivity index (χ0v) is 9.59. The predicted molar refractivity (Wildman–Crippen MR) is 60.0 cm³/mol. The molecule has 0 spiro atoms. The maximum absolute atomic E-state index is 13.5. The Morgan fingerprint density at radius 3 is 2.88 bits per heavy atom. The zero-order valence-electron chi connectivity index (χ0n) is 8.84. The van der Waals surface area contributed by atoms with Crippen molar-refractivity contribution < 1.29 is 14.3 Å². The van der Waals surface area contributed by atoms with Gasteiger partial charge in [0.05, 0.1) is 23.2 Å². The molecular weight excluding hydrogens is 233 g/mol. The number of carbonyl (C=O) groups excluding carboxylic acids is 1. The normalized spacial score (nSPS) is 12.2.